The van der Waals surface area contributed by atoms with Crippen LogP contribution >= 0.6 is 11.3 Å². The molecule has 0 aliphatic carbocycles. The van der Waals surface area contributed by atoms with Gasteiger partial charge in [0.05, 0.1) is 17.2 Å². The van der Waals surface area contributed by atoms with Crippen molar-refractivity contribution >= 4 is 39.4 Å². The minimum absolute atomic E-state index is 0.0694. The van der Waals surface area contributed by atoms with Gasteiger partial charge in [0.2, 0.25) is 11.9 Å². The third kappa shape index (κ3) is 4.61. The van der Waals surface area contributed by atoms with Crippen molar-refractivity contribution in [3.63, 3.8) is 0 Å². The van der Waals surface area contributed by atoms with Crippen LogP contribution in [0.1, 0.15) is 47.4 Å². The molecule has 1 fully saturated rings. The van der Waals surface area contributed by atoms with Crippen LogP contribution in [0.15, 0.2) is 18.5 Å². The molecule has 4 rings (SSSR count). The second-order valence-corrected chi connectivity index (χ2v) is 8.72. The number of hydrogen-bond donors (Lipinski definition) is 2. The Balaban J connectivity index is 1.62. The second kappa shape index (κ2) is 8.50. The van der Waals surface area contributed by atoms with Crippen LogP contribution in [0.2, 0.25) is 0 Å². The van der Waals surface area contributed by atoms with E-state index in [1.807, 2.05) is 13.8 Å². The SMILES string of the molecule is CC(=O)NC1CCN(C(=O)c2nc(NC(C)c3cncc(F)c3)nc3nc(C)sc23)C1. The van der Waals surface area contributed by atoms with E-state index in [0.29, 0.717) is 35.4 Å². The summed E-state index contributed by atoms with van der Waals surface area (Å²) in [5.74, 6) is -0.548. The average Bonchev–Trinajstić information content (AvgIpc) is 3.32. The number of nitrogens with zero attached hydrogens (tertiary/aromatic N) is 5. The largest absolute Gasteiger partial charge is 0.352 e. The zero-order chi connectivity index (χ0) is 22.1. The summed E-state index contributed by atoms with van der Waals surface area (Å²) in [6, 6.07) is 0.980. The number of hydrogen-bond acceptors (Lipinski definition) is 8. The molecule has 1 aliphatic heterocycles. The molecule has 3 aromatic rings. The highest BCUT2D eigenvalue weighted by Gasteiger charge is 2.30. The Kier molecular flexibility index (Phi) is 5.77. The Morgan fingerprint density at radius 2 is 2.10 bits per heavy atom. The number of aryl methyl sites for hydroxylation is 1. The molecule has 31 heavy (non-hydrogen) atoms. The van der Waals surface area contributed by atoms with Crippen LogP contribution in [0.25, 0.3) is 10.3 Å². The predicted molar refractivity (Wildman–Crippen MR) is 114 cm³/mol. The van der Waals surface area contributed by atoms with Crippen molar-refractivity contribution in [2.45, 2.75) is 39.3 Å². The molecule has 2 N–H and O–H groups in total. The molecule has 0 saturated carbocycles. The predicted octanol–water partition coefficient (Wildman–Crippen LogP) is 2.45. The number of nitrogens with one attached hydrogen (secondary N) is 2. The van der Waals surface area contributed by atoms with Gasteiger partial charge in [-0.15, -0.1) is 11.3 Å². The van der Waals surface area contributed by atoms with E-state index in [1.165, 1.54) is 24.3 Å². The number of thiazole rings is 1. The third-order valence-electron chi connectivity index (χ3n) is 5.02. The summed E-state index contributed by atoms with van der Waals surface area (Å²) in [5, 5.41) is 6.74. The minimum Gasteiger partial charge on any atom is -0.352 e. The fourth-order valence-corrected chi connectivity index (χ4v) is 4.42. The average molecular weight is 444 g/mol. The maximum Gasteiger partial charge on any atom is 0.274 e. The summed E-state index contributed by atoms with van der Waals surface area (Å²) in [6.07, 6.45) is 3.39. The molecule has 11 heteroatoms. The molecular weight excluding hydrogens is 421 g/mol. The molecule has 0 spiro atoms. The van der Waals surface area contributed by atoms with Gasteiger partial charge in [-0.1, -0.05) is 0 Å². The Hall–Kier alpha value is -3.21. The Labute approximate surface area is 182 Å². The zero-order valence-electron chi connectivity index (χ0n) is 17.3. The Morgan fingerprint density at radius 1 is 1.29 bits per heavy atom. The number of carbonyl (C=O) groups is 2. The van der Waals surface area contributed by atoms with Crippen LogP contribution in [0.5, 0.6) is 0 Å². The highest BCUT2D eigenvalue weighted by molar-refractivity contribution is 7.18. The lowest BCUT2D eigenvalue weighted by atomic mass is 10.1. The van der Waals surface area contributed by atoms with Gasteiger partial charge in [0.1, 0.15) is 10.5 Å². The first-order chi connectivity index (χ1) is 14.8. The number of likely N-dealkylation sites (tertiary alicyclic amines) is 1. The summed E-state index contributed by atoms with van der Waals surface area (Å²) >= 11 is 1.36. The van der Waals surface area contributed by atoms with Crippen molar-refractivity contribution in [2.75, 3.05) is 18.4 Å². The van der Waals surface area contributed by atoms with Gasteiger partial charge in [-0.2, -0.15) is 4.98 Å². The summed E-state index contributed by atoms with van der Waals surface area (Å²) in [6.45, 7) is 6.09. The molecule has 0 bridgehead atoms. The first-order valence-electron chi connectivity index (χ1n) is 9.88. The van der Waals surface area contributed by atoms with Gasteiger partial charge in [0.25, 0.3) is 5.91 Å². The molecular formula is C20H22FN7O2S. The van der Waals surface area contributed by atoms with Crippen LogP contribution in [0, 0.1) is 12.7 Å². The number of aromatic nitrogens is 4. The fraction of sp³-hybridized carbons (Fsp3) is 0.400. The number of rotatable bonds is 5. The topological polar surface area (TPSA) is 113 Å². The zero-order valence-corrected chi connectivity index (χ0v) is 18.2. The molecule has 1 saturated heterocycles. The molecule has 1 aliphatic rings. The van der Waals surface area contributed by atoms with Crippen molar-refractivity contribution in [3.8, 4) is 0 Å². The van der Waals surface area contributed by atoms with Gasteiger partial charge < -0.3 is 15.5 Å². The normalized spacial score (nSPS) is 17.0. The highest BCUT2D eigenvalue weighted by Crippen LogP contribution is 2.27. The van der Waals surface area contributed by atoms with Crippen molar-refractivity contribution in [3.05, 3.63) is 40.5 Å². The van der Waals surface area contributed by atoms with Crippen LogP contribution in [-0.2, 0) is 4.79 Å². The van der Waals surface area contributed by atoms with Gasteiger partial charge >= 0.3 is 0 Å². The van der Waals surface area contributed by atoms with E-state index in [-0.39, 0.29) is 35.5 Å². The molecule has 0 radical (unpaired) electrons. The van der Waals surface area contributed by atoms with Crippen LogP contribution in [-0.4, -0.2) is 55.8 Å². The van der Waals surface area contributed by atoms with Gasteiger partial charge in [-0.05, 0) is 31.9 Å². The summed E-state index contributed by atoms with van der Waals surface area (Å²) in [4.78, 5) is 43.5. The van der Waals surface area contributed by atoms with E-state index in [0.717, 1.165) is 11.2 Å². The van der Waals surface area contributed by atoms with Gasteiger partial charge in [0, 0.05) is 32.3 Å². The lowest BCUT2D eigenvalue weighted by Gasteiger charge is -2.18. The van der Waals surface area contributed by atoms with Crippen molar-refractivity contribution < 1.29 is 14.0 Å². The number of fused-ring (bicyclic) bond motifs is 1. The van der Waals surface area contributed by atoms with Gasteiger partial charge in [-0.3, -0.25) is 14.6 Å². The first-order valence-corrected chi connectivity index (χ1v) is 10.7. The van der Waals surface area contributed by atoms with Crippen molar-refractivity contribution in [1.82, 2.24) is 30.2 Å². The molecule has 2 unspecified atom stereocenters. The van der Waals surface area contributed by atoms with Gasteiger partial charge in [0.15, 0.2) is 11.3 Å². The van der Waals surface area contributed by atoms with E-state index in [9.17, 15) is 14.0 Å². The first kappa shape index (κ1) is 21.0. The van der Waals surface area contributed by atoms with Gasteiger partial charge in [-0.25, -0.2) is 14.4 Å². The monoisotopic (exact) mass is 443 g/mol. The number of pyridine rings is 1. The smallest absolute Gasteiger partial charge is 0.274 e. The van der Waals surface area contributed by atoms with E-state index in [1.54, 1.807) is 11.1 Å². The molecule has 2 atom stereocenters. The van der Waals surface area contributed by atoms with E-state index < -0.39 is 5.82 Å². The summed E-state index contributed by atoms with van der Waals surface area (Å²) < 4.78 is 14.1. The molecule has 162 valence electrons. The fourth-order valence-electron chi connectivity index (χ4n) is 3.58. The quantitative estimate of drug-likeness (QED) is 0.623. The molecule has 9 nitrogen and oxygen atoms in total. The number of carbonyl (C=O) groups excluding carboxylic acids is 2. The summed E-state index contributed by atoms with van der Waals surface area (Å²) in [5.41, 5.74) is 1.33. The molecule has 2 amide bonds. The maximum absolute atomic E-state index is 13.5. The number of amides is 2. The van der Waals surface area contributed by atoms with E-state index in [4.69, 9.17) is 0 Å². The summed E-state index contributed by atoms with van der Waals surface area (Å²) in [7, 11) is 0. The highest BCUT2D eigenvalue weighted by atomic mass is 32.1. The van der Waals surface area contributed by atoms with Crippen LogP contribution in [0.3, 0.4) is 0 Å². The standard InChI is InChI=1S/C20H22FN7O2S/c1-10(13-6-14(21)8-22-7-13)23-20-26-16(17-18(27-20)25-12(3)31-17)19(30)28-5-4-15(9-28)24-11(2)29/h6-8,10,15H,4-5,9H2,1-3H3,(H,24,29)(H,23,26,27). The molecule has 4 heterocycles. The molecule has 3 aromatic heterocycles. The molecule has 0 aromatic carbocycles. The lowest BCUT2D eigenvalue weighted by molar-refractivity contribution is -0.119. The third-order valence-corrected chi connectivity index (χ3v) is 5.98. The van der Waals surface area contributed by atoms with Crippen LogP contribution < -0.4 is 10.6 Å². The lowest BCUT2D eigenvalue weighted by Crippen LogP contribution is -2.37. The maximum atomic E-state index is 13.5. The van der Waals surface area contributed by atoms with Crippen molar-refractivity contribution in [1.29, 1.82) is 0 Å². The number of halogens is 1. The van der Waals surface area contributed by atoms with E-state index in [2.05, 4.69) is 30.6 Å². The second-order valence-electron chi connectivity index (χ2n) is 7.52. The Morgan fingerprint density at radius 3 is 2.84 bits per heavy atom. The minimum atomic E-state index is -0.434. The van der Waals surface area contributed by atoms with Crippen molar-refractivity contribution in [2.24, 2.45) is 0 Å². The van der Waals surface area contributed by atoms with Crippen LogP contribution in [0.4, 0.5) is 10.3 Å². The Bertz CT molecular complexity index is 1150. The van der Waals surface area contributed by atoms with E-state index >= 15 is 0 Å². The number of anilines is 1.